The molecule has 1 aromatic carbocycles. The number of amides is 1. The van der Waals surface area contributed by atoms with Crippen molar-refractivity contribution in [1.82, 2.24) is 25.1 Å². The molecule has 2 heterocycles. The van der Waals surface area contributed by atoms with Gasteiger partial charge in [-0.15, -0.1) is 0 Å². The first kappa shape index (κ1) is 13.9. The maximum absolute atomic E-state index is 12.1. The summed E-state index contributed by atoms with van der Waals surface area (Å²) in [6, 6.07) is 11.1. The van der Waals surface area contributed by atoms with Gasteiger partial charge in [0.1, 0.15) is 12.7 Å². The van der Waals surface area contributed by atoms with E-state index in [0.29, 0.717) is 12.1 Å². The van der Waals surface area contributed by atoms with Crippen LogP contribution in [0.3, 0.4) is 0 Å². The highest BCUT2D eigenvalue weighted by Gasteiger charge is 2.05. The molecule has 0 aliphatic rings. The van der Waals surface area contributed by atoms with E-state index in [4.69, 9.17) is 0 Å². The number of nitrogens with one attached hydrogen (secondary N) is 1. The smallest absolute Gasteiger partial charge is 0.251 e. The van der Waals surface area contributed by atoms with Crippen molar-refractivity contribution in [3.63, 3.8) is 0 Å². The molecule has 3 aromatic rings. The van der Waals surface area contributed by atoms with Gasteiger partial charge in [0.25, 0.3) is 5.91 Å². The minimum atomic E-state index is -0.0889. The number of hydrogen-bond donors (Lipinski definition) is 1. The van der Waals surface area contributed by atoms with Crippen molar-refractivity contribution < 1.29 is 4.79 Å². The Morgan fingerprint density at radius 3 is 2.68 bits per heavy atom. The number of rotatable bonds is 5. The average molecular weight is 293 g/mol. The molecule has 0 aliphatic heterocycles. The van der Waals surface area contributed by atoms with Crippen LogP contribution in [-0.2, 0) is 6.42 Å². The summed E-state index contributed by atoms with van der Waals surface area (Å²) in [6.45, 7) is 0.579. The van der Waals surface area contributed by atoms with Gasteiger partial charge in [-0.25, -0.2) is 9.67 Å². The van der Waals surface area contributed by atoms with Gasteiger partial charge in [-0.1, -0.05) is 6.07 Å². The standard InChI is InChI=1S/C16H15N5O/c22-16(19-9-7-13-2-1-8-17-10-13)14-3-5-15(6-4-14)21-12-18-11-20-21/h1-6,8,10-12H,7,9H2,(H,19,22). The zero-order valence-electron chi connectivity index (χ0n) is 11.9. The van der Waals surface area contributed by atoms with Crippen LogP contribution in [0.4, 0.5) is 0 Å². The average Bonchev–Trinajstić information content (AvgIpc) is 3.10. The summed E-state index contributed by atoms with van der Waals surface area (Å²) >= 11 is 0. The van der Waals surface area contributed by atoms with Gasteiger partial charge < -0.3 is 5.32 Å². The van der Waals surface area contributed by atoms with Crippen molar-refractivity contribution in [2.24, 2.45) is 0 Å². The maximum Gasteiger partial charge on any atom is 0.251 e. The van der Waals surface area contributed by atoms with E-state index in [9.17, 15) is 4.79 Å². The SMILES string of the molecule is O=C(NCCc1cccnc1)c1ccc(-n2cncn2)cc1. The summed E-state index contributed by atoms with van der Waals surface area (Å²) in [7, 11) is 0. The van der Waals surface area contributed by atoms with Crippen molar-refractivity contribution in [2.75, 3.05) is 6.54 Å². The van der Waals surface area contributed by atoms with Crippen molar-refractivity contribution in [1.29, 1.82) is 0 Å². The molecular formula is C16H15N5O. The number of benzene rings is 1. The van der Waals surface area contributed by atoms with Crippen LogP contribution in [0, 0.1) is 0 Å². The van der Waals surface area contributed by atoms with Crippen molar-refractivity contribution in [2.45, 2.75) is 6.42 Å². The van der Waals surface area contributed by atoms with Crippen LogP contribution in [-0.4, -0.2) is 32.2 Å². The fraction of sp³-hybridized carbons (Fsp3) is 0.125. The van der Waals surface area contributed by atoms with E-state index in [1.807, 2.05) is 24.3 Å². The van der Waals surface area contributed by atoms with Crippen LogP contribution >= 0.6 is 0 Å². The lowest BCUT2D eigenvalue weighted by Gasteiger charge is -2.06. The molecule has 0 fully saturated rings. The Labute approximate surface area is 127 Å². The van der Waals surface area contributed by atoms with Crippen molar-refractivity contribution >= 4 is 5.91 Å². The van der Waals surface area contributed by atoms with E-state index >= 15 is 0 Å². The summed E-state index contributed by atoms with van der Waals surface area (Å²) < 4.78 is 1.64. The number of hydrogen-bond acceptors (Lipinski definition) is 4. The Balaban J connectivity index is 1.56. The third-order valence-electron chi connectivity index (χ3n) is 3.23. The van der Waals surface area contributed by atoms with Crippen LogP contribution in [0.2, 0.25) is 0 Å². The largest absolute Gasteiger partial charge is 0.352 e. The van der Waals surface area contributed by atoms with Gasteiger partial charge in [0, 0.05) is 24.5 Å². The Morgan fingerprint density at radius 1 is 1.14 bits per heavy atom. The summed E-state index contributed by atoms with van der Waals surface area (Å²) in [6.07, 6.45) is 7.39. The van der Waals surface area contributed by atoms with Gasteiger partial charge in [-0.2, -0.15) is 5.10 Å². The summed E-state index contributed by atoms with van der Waals surface area (Å²) in [4.78, 5) is 20.0. The number of nitrogens with zero attached hydrogens (tertiary/aromatic N) is 4. The lowest BCUT2D eigenvalue weighted by atomic mass is 10.2. The van der Waals surface area contributed by atoms with Gasteiger partial charge in [-0.3, -0.25) is 9.78 Å². The molecule has 2 aromatic heterocycles. The van der Waals surface area contributed by atoms with E-state index in [1.165, 1.54) is 6.33 Å². The number of carbonyl (C=O) groups excluding carboxylic acids is 1. The van der Waals surface area contributed by atoms with Gasteiger partial charge in [0.15, 0.2) is 0 Å². The fourth-order valence-electron chi connectivity index (χ4n) is 2.08. The fourth-order valence-corrected chi connectivity index (χ4v) is 2.08. The highest BCUT2D eigenvalue weighted by Crippen LogP contribution is 2.08. The molecule has 6 nitrogen and oxygen atoms in total. The predicted octanol–water partition coefficient (Wildman–Crippen LogP) is 1.63. The Morgan fingerprint density at radius 2 is 2.00 bits per heavy atom. The predicted molar refractivity (Wildman–Crippen MR) is 81.6 cm³/mol. The van der Waals surface area contributed by atoms with E-state index in [-0.39, 0.29) is 5.91 Å². The van der Waals surface area contributed by atoms with Crippen LogP contribution in [0.15, 0.2) is 61.4 Å². The van der Waals surface area contributed by atoms with Crippen LogP contribution in [0.1, 0.15) is 15.9 Å². The summed E-state index contributed by atoms with van der Waals surface area (Å²) in [5, 5.41) is 6.94. The highest BCUT2D eigenvalue weighted by molar-refractivity contribution is 5.94. The monoisotopic (exact) mass is 293 g/mol. The molecule has 0 aliphatic carbocycles. The quantitative estimate of drug-likeness (QED) is 0.776. The molecule has 0 spiro atoms. The molecule has 0 atom stereocenters. The first-order chi connectivity index (χ1) is 10.8. The minimum absolute atomic E-state index is 0.0889. The normalized spacial score (nSPS) is 10.4. The second kappa shape index (κ2) is 6.62. The zero-order valence-corrected chi connectivity index (χ0v) is 11.9. The molecule has 110 valence electrons. The van der Waals surface area contributed by atoms with E-state index in [1.54, 1.807) is 35.5 Å². The Kier molecular flexibility index (Phi) is 4.20. The molecule has 0 saturated carbocycles. The number of pyridine rings is 1. The van der Waals surface area contributed by atoms with Crippen molar-refractivity contribution in [3.8, 4) is 5.69 Å². The molecular weight excluding hydrogens is 278 g/mol. The van der Waals surface area contributed by atoms with Crippen LogP contribution < -0.4 is 5.32 Å². The lowest BCUT2D eigenvalue weighted by molar-refractivity contribution is 0.0954. The molecule has 0 unspecified atom stereocenters. The molecule has 3 rings (SSSR count). The lowest BCUT2D eigenvalue weighted by Crippen LogP contribution is -2.25. The molecule has 22 heavy (non-hydrogen) atoms. The van der Waals surface area contributed by atoms with E-state index < -0.39 is 0 Å². The number of carbonyl (C=O) groups is 1. The Bertz CT molecular complexity index is 723. The van der Waals surface area contributed by atoms with Crippen LogP contribution in [0.5, 0.6) is 0 Å². The minimum Gasteiger partial charge on any atom is -0.352 e. The number of aromatic nitrogens is 4. The maximum atomic E-state index is 12.1. The third-order valence-corrected chi connectivity index (χ3v) is 3.23. The van der Waals surface area contributed by atoms with Crippen LogP contribution in [0.25, 0.3) is 5.69 Å². The summed E-state index contributed by atoms with van der Waals surface area (Å²) in [5.74, 6) is -0.0889. The van der Waals surface area contributed by atoms with Crippen molar-refractivity contribution in [3.05, 3.63) is 72.6 Å². The van der Waals surface area contributed by atoms with Gasteiger partial charge in [0.05, 0.1) is 5.69 Å². The second-order valence-electron chi connectivity index (χ2n) is 4.75. The first-order valence-corrected chi connectivity index (χ1v) is 6.95. The molecule has 0 bridgehead atoms. The van der Waals surface area contributed by atoms with Gasteiger partial charge in [-0.05, 0) is 42.3 Å². The van der Waals surface area contributed by atoms with E-state index in [0.717, 1.165) is 17.7 Å². The first-order valence-electron chi connectivity index (χ1n) is 6.95. The summed E-state index contributed by atoms with van der Waals surface area (Å²) in [5.41, 5.74) is 2.59. The second-order valence-corrected chi connectivity index (χ2v) is 4.75. The third kappa shape index (κ3) is 3.35. The highest BCUT2D eigenvalue weighted by atomic mass is 16.1. The zero-order chi connectivity index (χ0) is 15.2. The van der Waals surface area contributed by atoms with Gasteiger partial charge >= 0.3 is 0 Å². The van der Waals surface area contributed by atoms with E-state index in [2.05, 4.69) is 20.4 Å². The Hall–Kier alpha value is -3.02. The molecule has 0 radical (unpaired) electrons. The molecule has 6 heteroatoms. The molecule has 1 amide bonds. The topological polar surface area (TPSA) is 72.7 Å². The molecule has 1 N–H and O–H groups in total. The van der Waals surface area contributed by atoms with Gasteiger partial charge in [0.2, 0.25) is 0 Å². The molecule has 0 saturated heterocycles.